The van der Waals surface area contributed by atoms with Gasteiger partial charge < -0.3 is 15.7 Å². The van der Waals surface area contributed by atoms with Crippen LogP contribution < -0.4 is 10.6 Å². The summed E-state index contributed by atoms with van der Waals surface area (Å²) in [4.78, 5) is 38.5. The number of carboxylic acids is 1. The van der Waals surface area contributed by atoms with Gasteiger partial charge in [0.1, 0.15) is 5.00 Å². The topological polar surface area (TPSA) is 95.5 Å². The van der Waals surface area contributed by atoms with Crippen LogP contribution in [-0.4, -0.2) is 22.9 Å². The van der Waals surface area contributed by atoms with E-state index in [1.54, 1.807) is 0 Å². The molecule has 2 aliphatic carbocycles. The Hall–Kier alpha value is -2.81. The molecule has 2 aromatic rings. The van der Waals surface area contributed by atoms with Crippen LogP contribution in [0.5, 0.6) is 0 Å². The van der Waals surface area contributed by atoms with E-state index in [4.69, 9.17) is 0 Å². The predicted molar refractivity (Wildman–Crippen MR) is 112 cm³/mol. The number of aliphatic carboxylic acids is 1. The standard InChI is InChI=1S/C22H22F2N2O4S/c23-15-9-8-11(10-16(15)24)25-20(28)18-14-6-3-7-17(14)31-21(18)26-19(27)12-4-1-2-5-13(12)22(29)30/h8-10,12-13H,1-7H2,(H,25,28)(H,26,27)(H,29,30). The third-order valence-electron chi connectivity index (χ3n) is 5.98. The smallest absolute Gasteiger partial charge is 0.307 e. The maximum atomic E-state index is 13.5. The molecule has 1 aromatic heterocycles. The van der Waals surface area contributed by atoms with Crippen molar-refractivity contribution in [3.63, 3.8) is 0 Å². The van der Waals surface area contributed by atoms with Crippen LogP contribution in [0.1, 0.15) is 52.9 Å². The van der Waals surface area contributed by atoms with Crippen LogP contribution in [0.2, 0.25) is 0 Å². The van der Waals surface area contributed by atoms with Gasteiger partial charge in [0, 0.05) is 16.6 Å². The van der Waals surface area contributed by atoms with Gasteiger partial charge in [-0.15, -0.1) is 11.3 Å². The Balaban J connectivity index is 1.59. The summed E-state index contributed by atoms with van der Waals surface area (Å²) in [5, 5.41) is 15.2. The zero-order valence-electron chi connectivity index (χ0n) is 16.7. The van der Waals surface area contributed by atoms with E-state index in [1.165, 1.54) is 17.4 Å². The molecule has 2 atom stereocenters. The lowest BCUT2D eigenvalue weighted by molar-refractivity contribution is -0.147. The van der Waals surface area contributed by atoms with E-state index < -0.39 is 41.3 Å². The van der Waals surface area contributed by atoms with Crippen molar-refractivity contribution in [2.45, 2.75) is 44.9 Å². The lowest BCUT2D eigenvalue weighted by atomic mass is 9.79. The third-order valence-corrected chi connectivity index (χ3v) is 7.19. The predicted octanol–water partition coefficient (Wildman–Crippen LogP) is 4.60. The molecule has 1 aromatic carbocycles. The molecule has 0 radical (unpaired) electrons. The second-order valence-corrected chi connectivity index (χ2v) is 9.07. The average molecular weight is 448 g/mol. The van der Waals surface area contributed by atoms with Crippen LogP contribution in [0.3, 0.4) is 0 Å². The van der Waals surface area contributed by atoms with Gasteiger partial charge in [0.05, 0.1) is 17.4 Å². The molecule has 31 heavy (non-hydrogen) atoms. The quantitative estimate of drug-likeness (QED) is 0.623. The number of hydrogen-bond donors (Lipinski definition) is 3. The second-order valence-electron chi connectivity index (χ2n) is 7.97. The van der Waals surface area contributed by atoms with Crippen molar-refractivity contribution >= 4 is 39.8 Å². The number of carboxylic acid groups (broad SMARTS) is 1. The van der Waals surface area contributed by atoms with E-state index in [2.05, 4.69) is 10.6 Å². The first-order valence-corrected chi connectivity index (χ1v) is 11.1. The molecule has 4 rings (SSSR count). The molecule has 0 saturated heterocycles. The number of rotatable bonds is 5. The molecule has 164 valence electrons. The molecular formula is C22H22F2N2O4S. The Morgan fingerprint density at radius 2 is 1.71 bits per heavy atom. The molecule has 2 amide bonds. The Kier molecular flexibility index (Phi) is 6.04. The fraction of sp³-hybridized carbons (Fsp3) is 0.409. The van der Waals surface area contributed by atoms with Crippen molar-refractivity contribution in [1.29, 1.82) is 0 Å². The highest BCUT2D eigenvalue weighted by molar-refractivity contribution is 7.17. The molecule has 1 heterocycles. The minimum Gasteiger partial charge on any atom is -0.481 e. The highest BCUT2D eigenvalue weighted by atomic mass is 32.1. The number of fused-ring (bicyclic) bond motifs is 1. The molecule has 0 bridgehead atoms. The highest BCUT2D eigenvalue weighted by Gasteiger charge is 2.37. The monoisotopic (exact) mass is 448 g/mol. The number of anilines is 2. The zero-order chi connectivity index (χ0) is 22.1. The lowest BCUT2D eigenvalue weighted by Crippen LogP contribution is -2.36. The summed E-state index contributed by atoms with van der Waals surface area (Å²) in [6.07, 6.45) is 4.88. The van der Waals surface area contributed by atoms with E-state index >= 15 is 0 Å². The molecule has 1 saturated carbocycles. The Morgan fingerprint density at radius 3 is 2.42 bits per heavy atom. The van der Waals surface area contributed by atoms with Crippen LogP contribution >= 0.6 is 11.3 Å². The highest BCUT2D eigenvalue weighted by Crippen LogP contribution is 2.40. The van der Waals surface area contributed by atoms with Gasteiger partial charge in [0.25, 0.3) is 5.91 Å². The minimum atomic E-state index is -1.07. The number of halogens is 2. The fourth-order valence-electron chi connectivity index (χ4n) is 4.44. The molecule has 2 aliphatic rings. The van der Waals surface area contributed by atoms with E-state index in [-0.39, 0.29) is 5.69 Å². The summed E-state index contributed by atoms with van der Waals surface area (Å²) in [5.74, 6) is -5.36. The second kappa shape index (κ2) is 8.74. The maximum absolute atomic E-state index is 13.5. The van der Waals surface area contributed by atoms with Gasteiger partial charge in [0.15, 0.2) is 11.6 Å². The van der Waals surface area contributed by atoms with E-state index in [9.17, 15) is 28.3 Å². The maximum Gasteiger partial charge on any atom is 0.307 e. The Labute approximate surface area is 181 Å². The number of hydrogen-bond acceptors (Lipinski definition) is 4. The summed E-state index contributed by atoms with van der Waals surface area (Å²) in [7, 11) is 0. The number of carbonyl (C=O) groups is 3. The zero-order valence-corrected chi connectivity index (χ0v) is 17.5. The summed E-state index contributed by atoms with van der Waals surface area (Å²) < 4.78 is 26.7. The molecular weight excluding hydrogens is 426 g/mol. The SMILES string of the molecule is O=C(Nc1ccc(F)c(F)c1)c1c(NC(=O)C2CCCCC2C(=O)O)sc2c1CCC2. The Morgan fingerprint density at radius 1 is 0.968 bits per heavy atom. The first-order chi connectivity index (χ1) is 14.8. The lowest BCUT2D eigenvalue weighted by Gasteiger charge is -2.27. The van der Waals surface area contributed by atoms with Gasteiger partial charge >= 0.3 is 5.97 Å². The molecule has 6 nitrogen and oxygen atoms in total. The number of nitrogens with one attached hydrogen (secondary N) is 2. The molecule has 0 spiro atoms. The van der Waals surface area contributed by atoms with Crippen molar-refractivity contribution in [2.24, 2.45) is 11.8 Å². The minimum absolute atomic E-state index is 0.109. The first kappa shape index (κ1) is 21.4. The van der Waals surface area contributed by atoms with Crippen molar-refractivity contribution in [3.8, 4) is 0 Å². The number of thiophene rings is 1. The summed E-state index contributed by atoms with van der Waals surface area (Å²) in [6, 6.07) is 3.10. The van der Waals surface area contributed by atoms with Crippen LogP contribution in [0.15, 0.2) is 18.2 Å². The molecule has 2 unspecified atom stereocenters. The van der Waals surface area contributed by atoms with Crippen LogP contribution in [0.25, 0.3) is 0 Å². The fourth-order valence-corrected chi connectivity index (χ4v) is 5.73. The van der Waals surface area contributed by atoms with E-state index in [1.807, 2.05) is 0 Å². The van der Waals surface area contributed by atoms with Crippen LogP contribution in [-0.2, 0) is 22.4 Å². The molecule has 3 N–H and O–H groups in total. The van der Waals surface area contributed by atoms with Crippen LogP contribution in [0.4, 0.5) is 19.5 Å². The van der Waals surface area contributed by atoms with Gasteiger partial charge in [0.2, 0.25) is 5.91 Å². The number of aryl methyl sites for hydroxylation is 1. The van der Waals surface area contributed by atoms with Gasteiger partial charge in [-0.2, -0.15) is 0 Å². The van der Waals surface area contributed by atoms with Crippen molar-refractivity contribution in [3.05, 3.63) is 45.8 Å². The first-order valence-electron chi connectivity index (χ1n) is 10.3. The number of amides is 2. The molecule has 0 aliphatic heterocycles. The van der Waals surface area contributed by atoms with Crippen molar-refractivity contribution < 1.29 is 28.3 Å². The van der Waals surface area contributed by atoms with Gasteiger partial charge in [-0.05, 0) is 49.8 Å². The molecule has 9 heteroatoms. The summed E-state index contributed by atoms with van der Waals surface area (Å²) >= 11 is 1.32. The number of carbonyl (C=O) groups excluding carboxylic acids is 2. The molecule has 1 fully saturated rings. The third kappa shape index (κ3) is 4.32. The average Bonchev–Trinajstić information content (AvgIpc) is 3.31. The van der Waals surface area contributed by atoms with E-state index in [0.29, 0.717) is 29.8 Å². The van der Waals surface area contributed by atoms with Gasteiger partial charge in [-0.3, -0.25) is 14.4 Å². The largest absolute Gasteiger partial charge is 0.481 e. The van der Waals surface area contributed by atoms with Gasteiger partial charge in [-0.1, -0.05) is 12.8 Å². The number of benzene rings is 1. The summed E-state index contributed by atoms with van der Waals surface area (Å²) in [6.45, 7) is 0. The van der Waals surface area contributed by atoms with Crippen LogP contribution in [0, 0.1) is 23.5 Å². The van der Waals surface area contributed by atoms with E-state index in [0.717, 1.165) is 48.3 Å². The van der Waals surface area contributed by atoms with Crippen molar-refractivity contribution in [1.82, 2.24) is 0 Å². The summed E-state index contributed by atoms with van der Waals surface area (Å²) in [5.41, 5.74) is 1.27. The van der Waals surface area contributed by atoms with Crippen molar-refractivity contribution in [2.75, 3.05) is 10.6 Å². The Bertz CT molecular complexity index is 1050. The van der Waals surface area contributed by atoms with Gasteiger partial charge in [-0.25, -0.2) is 8.78 Å². The normalized spacial score (nSPS) is 20.2.